The molecule has 2 aromatic rings. The van der Waals surface area contributed by atoms with Crippen molar-refractivity contribution in [1.29, 1.82) is 5.26 Å². The van der Waals surface area contributed by atoms with E-state index < -0.39 is 0 Å². The van der Waals surface area contributed by atoms with E-state index in [0.29, 0.717) is 11.3 Å². The lowest BCUT2D eigenvalue weighted by atomic mass is 10.1. The van der Waals surface area contributed by atoms with Gasteiger partial charge in [-0.2, -0.15) is 5.26 Å². The van der Waals surface area contributed by atoms with E-state index in [9.17, 15) is 0 Å². The Morgan fingerprint density at radius 1 is 1.50 bits per heavy atom. The highest BCUT2D eigenvalue weighted by Gasteiger charge is 2.10. The summed E-state index contributed by atoms with van der Waals surface area (Å²) in [5.41, 5.74) is 7.04. The van der Waals surface area contributed by atoms with Crippen LogP contribution in [0.15, 0.2) is 17.5 Å². The van der Waals surface area contributed by atoms with Crippen molar-refractivity contribution >= 4 is 27.1 Å². The molecule has 4 heteroatoms. The molecule has 70 valence electrons. The molecular weight excluding hydrogens is 196 g/mol. The van der Waals surface area contributed by atoms with Crippen molar-refractivity contribution in [3.8, 4) is 11.8 Å². The normalized spacial score (nSPS) is 10.0. The lowest BCUT2D eigenvalue weighted by Crippen LogP contribution is -1.88. The van der Waals surface area contributed by atoms with Crippen LogP contribution >= 0.6 is 11.3 Å². The number of rotatable bonds is 1. The SMILES string of the molecule is COc1c(C#N)ccc2c(N)csc12. The first-order valence-corrected chi connectivity index (χ1v) is 4.89. The fourth-order valence-corrected chi connectivity index (χ4v) is 2.37. The van der Waals surface area contributed by atoms with Crippen LogP contribution < -0.4 is 10.5 Å². The number of benzene rings is 1. The van der Waals surface area contributed by atoms with Crippen LogP contribution in [0.5, 0.6) is 5.75 Å². The van der Waals surface area contributed by atoms with Crippen molar-refractivity contribution in [2.75, 3.05) is 12.8 Å². The minimum Gasteiger partial charge on any atom is -0.494 e. The maximum Gasteiger partial charge on any atom is 0.154 e. The molecule has 0 fully saturated rings. The number of nitrogens with zero attached hydrogens (tertiary/aromatic N) is 1. The van der Waals surface area contributed by atoms with Crippen LogP contribution in [0, 0.1) is 11.3 Å². The zero-order chi connectivity index (χ0) is 10.1. The number of fused-ring (bicyclic) bond motifs is 1. The van der Waals surface area contributed by atoms with E-state index in [0.717, 1.165) is 15.8 Å². The molecule has 1 aromatic carbocycles. The highest BCUT2D eigenvalue weighted by molar-refractivity contribution is 7.18. The number of thiophene rings is 1. The van der Waals surface area contributed by atoms with Gasteiger partial charge in [-0.05, 0) is 12.1 Å². The van der Waals surface area contributed by atoms with Gasteiger partial charge in [0.2, 0.25) is 0 Å². The zero-order valence-corrected chi connectivity index (χ0v) is 8.39. The fourth-order valence-electron chi connectivity index (χ4n) is 1.38. The molecule has 0 radical (unpaired) electrons. The number of nitriles is 1. The Kier molecular flexibility index (Phi) is 2.02. The number of nitrogens with two attached hydrogens (primary N) is 1. The van der Waals surface area contributed by atoms with Gasteiger partial charge in [0, 0.05) is 10.8 Å². The standard InChI is InChI=1S/C10H8N2OS/c1-13-9-6(4-11)2-3-7-8(12)5-14-10(7)9/h2-3,5H,12H2,1H3. The molecular formula is C10H8N2OS. The summed E-state index contributed by atoms with van der Waals surface area (Å²) in [6.45, 7) is 0. The molecule has 1 heterocycles. The second-order valence-electron chi connectivity index (χ2n) is 2.83. The third kappa shape index (κ3) is 1.10. The number of anilines is 1. The molecule has 0 atom stereocenters. The van der Waals surface area contributed by atoms with E-state index in [-0.39, 0.29) is 0 Å². The van der Waals surface area contributed by atoms with Crippen LogP contribution in [0.3, 0.4) is 0 Å². The van der Waals surface area contributed by atoms with Gasteiger partial charge in [0.05, 0.1) is 23.1 Å². The Labute approximate surface area is 85.3 Å². The predicted molar refractivity (Wildman–Crippen MR) is 57.5 cm³/mol. The molecule has 0 saturated carbocycles. The van der Waals surface area contributed by atoms with Crippen molar-refractivity contribution in [2.45, 2.75) is 0 Å². The molecule has 14 heavy (non-hydrogen) atoms. The van der Waals surface area contributed by atoms with Gasteiger partial charge in [-0.1, -0.05) is 0 Å². The van der Waals surface area contributed by atoms with Crippen LogP contribution in [-0.4, -0.2) is 7.11 Å². The van der Waals surface area contributed by atoms with Crippen molar-refractivity contribution in [2.24, 2.45) is 0 Å². The van der Waals surface area contributed by atoms with E-state index in [1.165, 1.54) is 11.3 Å². The van der Waals surface area contributed by atoms with Crippen molar-refractivity contribution in [3.05, 3.63) is 23.1 Å². The Morgan fingerprint density at radius 3 is 2.93 bits per heavy atom. The molecule has 0 bridgehead atoms. The Balaban J connectivity index is 2.86. The largest absolute Gasteiger partial charge is 0.494 e. The summed E-state index contributed by atoms with van der Waals surface area (Å²) in [7, 11) is 1.56. The second-order valence-corrected chi connectivity index (χ2v) is 3.71. The van der Waals surface area contributed by atoms with Gasteiger partial charge in [0.1, 0.15) is 6.07 Å². The summed E-state index contributed by atoms with van der Waals surface area (Å²) in [6.07, 6.45) is 0. The number of hydrogen-bond donors (Lipinski definition) is 1. The first-order valence-electron chi connectivity index (χ1n) is 4.01. The summed E-state index contributed by atoms with van der Waals surface area (Å²) in [4.78, 5) is 0. The highest BCUT2D eigenvalue weighted by Crippen LogP contribution is 2.37. The molecule has 0 spiro atoms. The third-order valence-electron chi connectivity index (χ3n) is 2.05. The number of hydrogen-bond acceptors (Lipinski definition) is 4. The number of ether oxygens (including phenoxy) is 1. The molecule has 0 amide bonds. The van der Waals surface area contributed by atoms with Gasteiger partial charge in [0.25, 0.3) is 0 Å². The van der Waals surface area contributed by atoms with Gasteiger partial charge < -0.3 is 10.5 Å². The minimum atomic E-state index is 0.543. The lowest BCUT2D eigenvalue weighted by molar-refractivity contribution is 0.419. The molecule has 1 aromatic heterocycles. The quantitative estimate of drug-likeness (QED) is 0.775. The highest BCUT2D eigenvalue weighted by atomic mass is 32.1. The van der Waals surface area contributed by atoms with Gasteiger partial charge in [-0.25, -0.2) is 0 Å². The van der Waals surface area contributed by atoms with E-state index >= 15 is 0 Å². The van der Waals surface area contributed by atoms with Crippen LogP contribution in [0.1, 0.15) is 5.56 Å². The van der Waals surface area contributed by atoms with Crippen LogP contribution in [-0.2, 0) is 0 Å². The summed E-state index contributed by atoms with van der Waals surface area (Å²) in [5, 5.41) is 11.7. The van der Waals surface area contributed by atoms with E-state index in [4.69, 9.17) is 15.7 Å². The fraction of sp³-hybridized carbons (Fsp3) is 0.100. The maximum absolute atomic E-state index is 8.86. The molecule has 0 aliphatic heterocycles. The van der Waals surface area contributed by atoms with E-state index in [2.05, 4.69) is 6.07 Å². The Hall–Kier alpha value is -1.73. The monoisotopic (exact) mass is 204 g/mol. The summed E-state index contributed by atoms with van der Waals surface area (Å²) < 4.78 is 6.13. The minimum absolute atomic E-state index is 0.543. The average Bonchev–Trinajstić information content (AvgIpc) is 2.59. The van der Waals surface area contributed by atoms with Crippen LogP contribution in [0.25, 0.3) is 10.1 Å². The third-order valence-corrected chi connectivity index (χ3v) is 3.06. The topological polar surface area (TPSA) is 59.0 Å². The molecule has 2 rings (SSSR count). The Morgan fingerprint density at radius 2 is 2.29 bits per heavy atom. The molecule has 2 N–H and O–H groups in total. The molecule has 0 saturated heterocycles. The van der Waals surface area contributed by atoms with Crippen molar-refractivity contribution < 1.29 is 4.74 Å². The number of methoxy groups -OCH3 is 1. The summed E-state index contributed by atoms with van der Waals surface area (Å²) in [5.74, 6) is 0.617. The molecule has 0 aliphatic rings. The molecule has 3 nitrogen and oxygen atoms in total. The molecule has 0 aliphatic carbocycles. The van der Waals surface area contributed by atoms with Crippen molar-refractivity contribution in [3.63, 3.8) is 0 Å². The van der Waals surface area contributed by atoms with Gasteiger partial charge in [-0.3, -0.25) is 0 Å². The summed E-state index contributed by atoms with van der Waals surface area (Å²) in [6, 6.07) is 5.66. The smallest absolute Gasteiger partial charge is 0.154 e. The maximum atomic E-state index is 8.86. The van der Waals surface area contributed by atoms with Crippen LogP contribution in [0.2, 0.25) is 0 Å². The second kappa shape index (κ2) is 3.20. The zero-order valence-electron chi connectivity index (χ0n) is 7.57. The van der Waals surface area contributed by atoms with Crippen LogP contribution in [0.4, 0.5) is 5.69 Å². The Bertz CT molecular complexity index is 525. The first-order chi connectivity index (χ1) is 6.77. The van der Waals surface area contributed by atoms with E-state index in [1.807, 2.05) is 11.4 Å². The number of nitrogen functional groups attached to an aromatic ring is 1. The lowest BCUT2D eigenvalue weighted by Gasteiger charge is -2.03. The first kappa shape index (κ1) is 8.85. The summed E-state index contributed by atoms with van der Waals surface area (Å²) >= 11 is 1.49. The van der Waals surface area contributed by atoms with Gasteiger partial charge >= 0.3 is 0 Å². The average molecular weight is 204 g/mol. The molecule has 0 unspecified atom stereocenters. The van der Waals surface area contributed by atoms with Gasteiger partial charge in [0.15, 0.2) is 5.75 Å². The predicted octanol–water partition coefficient (Wildman–Crippen LogP) is 2.36. The van der Waals surface area contributed by atoms with E-state index in [1.54, 1.807) is 13.2 Å². The van der Waals surface area contributed by atoms with Crippen molar-refractivity contribution in [1.82, 2.24) is 0 Å². The van der Waals surface area contributed by atoms with Gasteiger partial charge in [-0.15, -0.1) is 11.3 Å².